The van der Waals surface area contributed by atoms with Crippen molar-refractivity contribution in [2.24, 2.45) is 0 Å². The number of aromatic nitrogens is 1. The van der Waals surface area contributed by atoms with Crippen LogP contribution in [0.1, 0.15) is 19.5 Å². The van der Waals surface area contributed by atoms with E-state index in [1.807, 2.05) is 19.9 Å². The highest BCUT2D eigenvalue weighted by atomic mass is 16.5. The van der Waals surface area contributed by atoms with Gasteiger partial charge in [-0.25, -0.2) is 4.98 Å². The Morgan fingerprint density at radius 1 is 1.50 bits per heavy atom. The molecule has 66 valence electrons. The standard InChI is InChI=1S/C9H13NO2/c1-7(2)12-9-5-3-4-8(6-11)10-9/h3-5,7,11H,6H2,1-2H3. The van der Waals surface area contributed by atoms with Crippen LogP contribution in [-0.2, 0) is 6.61 Å². The first-order chi connectivity index (χ1) is 5.72. The van der Waals surface area contributed by atoms with Crippen LogP contribution in [0.5, 0.6) is 5.88 Å². The highest BCUT2D eigenvalue weighted by Crippen LogP contribution is 2.09. The topological polar surface area (TPSA) is 42.4 Å². The second kappa shape index (κ2) is 4.07. The maximum absolute atomic E-state index is 8.78. The van der Waals surface area contributed by atoms with Gasteiger partial charge in [-0.3, -0.25) is 0 Å². The second-order valence-electron chi connectivity index (χ2n) is 2.79. The van der Waals surface area contributed by atoms with E-state index >= 15 is 0 Å². The zero-order valence-electron chi connectivity index (χ0n) is 7.32. The van der Waals surface area contributed by atoms with Gasteiger partial charge in [0.25, 0.3) is 0 Å². The Morgan fingerprint density at radius 3 is 2.83 bits per heavy atom. The molecule has 0 fully saturated rings. The summed E-state index contributed by atoms with van der Waals surface area (Å²) >= 11 is 0. The zero-order valence-corrected chi connectivity index (χ0v) is 7.32. The quantitative estimate of drug-likeness (QED) is 0.739. The molecule has 1 N–H and O–H groups in total. The monoisotopic (exact) mass is 167 g/mol. The Balaban J connectivity index is 2.72. The molecule has 0 unspecified atom stereocenters. The molecule has 0 aliphatic rings. The molecule has 12 heavy (non-hydrogen) atoms. The number of ether oxygens (including phenoxy) is 1. The first-order valence-electron chi connectivity index (χ1n) is 3.96. The fourth-order valence-corrected chi connectivity index (χ4v) is 0.853. The average Bonchev–Trinajstić information content (AvgIpc) is 2.03. The van der Waals surface area contributed by atoms with Crippen LogP contribution in [0.15, 0.2) is 18.2 Å². The van der Waals surface area contributed by atoms with Gasteiger partial charge in [0.15, 0.2) is 0 Å². The first kappa shape index (κ1) is 9.00. The number of hydrogen-bond acceptors (Lipinski definition) is 3. The summed E-state index contributed by atoms with van der Waals surface area (Å²) in [5.74, 6) is 0.566. The fourth-order valence-electron chi connectivity index (χ4n) is 0.853. The molecule has 3 heteroatoms. The van der Waals surface area contributed by atoms with Gasteiger partial charge in [0.1, 0.15) is 0 Å². The summed E-state index contributed by atoms with van der Waals surface area (Å²) in [6, 6.07) is 5.35. The van der Waals surface area contributed by atoms with Crippen molar-refractivity contribution >= 4 is 0 Å². The molecular formula is C9H13NO2. The molecule has 0 saturated heterocycles. The summed E-state index contributed by atoms with van der Waals surface area (Å²) in [4.78, 5) is 4.06. The number of hydrogen-bond donors (Lipinski definition) is 1. The lowest BCUT2D eigenvalue weighted by Gasteiger charge is -2.08. The van der Waals surface area contributed by atoms with E-state index in [-0.39, 0.29) is 12.7 Å². The molecule has 0 radical (unpaired) electrons. The van der Waals surface area contributed by atoms with E-state index in [1.165, 1.54) is 0 Å². The van der Waals surface area contributed by atoms with Crippen LogP contribution >= 0.6 is 0 Å². The predicted molar refractivity (Wildman–Crippen MR) is 45.9 cm³/mol. The van der Waals surface area contributed by atoms with E-state index in [0.29, 0.717) is 11.6 Å². The highest BCUT2D eigenvalue weighted by molar-refractivity contribution is 5.15. The molecule has 1 rings (SSSR count). The minimum Gasteiger partial charge on any atom is -0.475 e. The van der Waals surface area contributed by atoms with Crippen molar-refractivity contribution in [3.8, 4) is 5.88 Å². The molecule has 3 nitrogen and oxygen atoms in total. The van der Waals surface area contributed by atoms with Crippen molar-refractivity contribution in [3.05, 3.63) is 23.9 Å². The van der Waals surface area contributed by atoms with Crippen molar-refractivity contribution in [2.45, 2.75) is 26.6 Å². The van der Waals surface area contributed by atoms with Gasteiger partial charge >= 0.3 is 0 Å². The lowest BCUT2D eigenvalue weighted by molar-refractivity contribution is 0.227. The molecule has 1 heterocycles. The molecule has 0 spiro atoms. The van der Waals surface area contributed by atoms with Crippen LogP contribution in [0.25, 0.3) is 0 Å². The van der Waals surface area contributed by atoms with Crippen molar-refractivity contribution in [3.63, 3.8) is 0 Å². The molecule has 0 aliphatic carbocycles. The molecule has 0 atom stereocenters. The SMILES string of the molecule is CC(C)Oc1cccc(CO)n1. The number of rotatable bonds is 3. The van der Waals surface area contributed by atoms with Crippen LogP contribution in [0, 0.1) is 0 Å². The minimum atomic E-state index is -0.0463. The van der Waals surface area contributed by atoms with Gasteiger partial charge in [-0.15, -0.1) is 0 Å². The Bertz CT molecular complexity index is 248. The van der Waals surface area contributed by atoms with Crippen LogP contribution in [0.4, 0.5) is 0 Å². The van der Waals surface area contributed by atoms with E-state index in [2.05, 4.69) is 4.98 Å². The summed E-state index contributed by atoms with van der Waals surface area (Å²) < 4.78 is 5.33. The number of nitrogens with zero attached hydrogens (tertiary/aromatic N) is 1. The summed E-state index contributed by atoms with van der Waals surface area (Å²) in [6.07, 6.45) is 0.117. The smallest absolute Gasteiger partial charge is 0.213 e. The van der Waals surface area contributed by atoms with E-state index in [9.17, 15) is 0 Å². The third-order valence-electron chi connectivity index (χ3n) is 1.30. The van der Waals surface area contributed by atoms with Crippen molar-refractivity contribution in [1.82, 2.24) is 4.98 Å². The zero-order chi connectivity index (χ0) is 8.97. The molecule has 0 saturated carbocycles. The van der Waals surface area contributed by atoms with E-state index in [1.54, 1.807) is 12.1 Å². The van der Waals surface area contributed by atoms with Crippen LogP contribution in [-0.4, -0.2) is 16.2 Å². The van der Waals surface area contributed by atoms with Gasteiger partial charge in [-0.1, -0.05) is 6.07 Å². The van der Waals surface area contributed by atoms with Crippen LogP contribution < -0.4 is 4.74 Å². The maximum atomic E-state index is 8.78. The number of aliphatic hydroxyl groups is 1. The van der Waals surface area contributed by atoms with E-state index < -0.39 is 0 Å². The predicted octanol–water partition coefficient (Wildman–Crippen LogP) is 1.36. The Kier molecular flexibility index (Phi) is 3.05. The largest absolute Gasteiger partial charge is 0.475 e. The van der Waals surface area contributed by atoms with Gasteiger partial charge in [-0.2, -0.15) is 0 Å². The number of aliphatic hydroxyl groups excluding tert-OH is 1. The van der Waals surface area contributed by atoms with Gasteiger partial charge in [0.2, 0.25) is 5.88 Å². The fraction of sp³-hybridized carbons (Fsp3) is 0.444. The van der Waals surface area contributed by atoms with Gasteiger partial charge in [0, 0.05) is 6.07 Å². The summed E-state index contributed by atoms with van der Waals surface area (Å²) in [7, 11) is 0. The van der Waals surface area contributed by atoms with Crippen molar-refractivity contribution in [1.29, 1.82) is 0 Å². The van der Waals surface area contributed by atoms with Crippen molar-refractivity contribution < 1.29 is 9.84 Å². The van der Waals surface area contributed by atoms with Crippen LogP contribution in [0.3, 0.4) is 0 Å². The number of pyridine rings is 1. The third kappa shape index (κ3) is 2.51. The van der Waals surface area contributed by atoms with Gasteiger partial charge in [-0.05, 0) is 19.9 Å². The molecule has 0 bridgehead atoms. The van der Waals surface area contributed by atoms with Gasteiger partial charge < -0.3 is 9.84 Å². The maximum Gasteiger partial charge on any atom is 0.213 e. The molecule has 1 aromatic heterocycles. The Morgan fingerprint density at radius 2 is 2.25 bits per heavy atom. The lowest BCUT2D eigenvalue weighted by Crippen LogP contribution is -2.07. The molecule has 0 aliphatic heterocycles. The summed E-state index contributed by atoms with van der Waals surface area (Å²) in [5.41, 5.74) is 0.633. The van der Waals surface area contributed by atoms with Crippen molar-refractivity contribution in [2.75, 3.05) is 0 Å². The Labute approximate surface area is 72.0 Å². The molecule has 0 amide bonds. The summed E-state index contributed by atoms with van der Waals surface area (Å²) in [5, 5.41) is 8.78. The minimum absolute atomic E-state index is 0.0463. The van der Waals surface area contributed by atoms with Gasteiger partial charge in [0.05, 0.1) is 18.4 Å². The van der Waals surface area contributed by atoms with Crippen LogP contribution in [0.2, 0.25) is 0 Å². The Hall–Kier alpha value is -1.09. The first-order valence-corrected chi connectivity index (χ1v) is 3.96. The lowest BCUT2D eigenvalue weighted by atomic mass is 10.3. The summed E-state index contributed by atoms with van der Waals surface area (Å²) in [6.45, 7) is 3.83. The third-order valence-corrected chi connectivity index (χ3v) is 1.30. The molecular weight excluding hydrogens is 154 g/mol. The normalized spacial score (nSPS) is 10.3. The second-order valence-corrected chi connectivity index (χ2v) is 2.79. The molecule has 0 aromatic carbocycles. The highest BCUT2D eigenvalue weighted by Gasteiger charge is 1.99. The van der Waals surface area contributed by atoms with E-state index in [0.717, 1.165) is 0 Å². The molecule has 1 aromatic rings. The average molecular weight is 167 g/mol. The van der Waals surface area contributed by atoms with E-state index in [4.69, 9.17) is 9.84 Å².